The zero-order chi connectivity index (χ0) is 14.7. The molecule has 2 aromatic rings. The van der Waals surface area contributed by atoms with Gasteiger partial charge in [0, 0.05) is 12.4 Å². The molecule has 2 rings (SSSR count). The van der Waals surface area contributed by atoms with Crippen molar-refractivity contribution >= 4 is 5.82 Å². The number of H-pyrrole nitrogens is 1. The van der Waals surface area contributed by atoms with Crippen molar-refractivity contribution in [3.05, 3.63) is 18.7 Å². The first-order valence-electron chi connectivity index (χ1n) is 6.00. The van der Waals surface area contributed by atoms with Crippen molar-refractivity contribution in [2.75, 3.05) is 12.3 Å². The van der Waals surface area contributed by atoms with Gasteiger partial charge in [0.2, 0.25) is 0 Å². The molecule has 0 bridgehead atoms. The van der Waals surface area contributed by atoms with Gasteiger partial charge < -0.3 is 35.7 Å². The minimum absolute atomic E-state index is 0.0717. The lowest BCUT2D eigenvalue weighted by atomic mass is 10.1. The number of nitrogens with one attached hydrogen (secondary N) is 1. The van der Waals surface area contributed by atoms with E-state index in [2.05, 4.69) is 15.0 Å². The third-order valence-corrected chi connectivity index (χ3v) is 2.96. The number of nitrogens with zero attached hydrogens (tertiary/aromatic N) is 3. The summed E-state index contributed by atoms with van der Waals surface area (Å²) in [6.45, 7) is -0.715. The van der Waals surface area contributed by atoms with Crippen LogP contribution in [0.25, 0.3) is 11.5 Å². The summed E-state index contributed by atoms with van der Waals surface area (Å²) >= 11 is 0. The Hall–Kier alpha value is -1.94. The van der Waals surface area contributed by atoms with Gasteiger partial charge in [-0.2, -0.15) is 0 Å². The molecule has 0 aromatic carbocycles. The largest absolute Gasteiger partial charge is 0.394 e. The molecule has 3 atom stereocenters. The number of imidazole rings is 2. The Balaban J connectivity index is 2.11. The summed E-state index contributed by atoms with van der Waals surface area (Å²) in [6.07, 6.45) is 0.397. The maximum atomic E-state index is 9.79. The van der Waals surface area contributed by atoms with E-state index in [1.54, 1.807) is 12.4 Å². The van der Waals surface area contributed by atoms with Crippen molar-refractivity contribution in [1.82, 2.24) is 19.5 Å². The topological polar surface area (TPSA) is 153 Å². The molecule has 9 heteroatoms. The standard InChI is InChI=1S/C11H17N5O4/c12-10-8(11-13-1-2-14-11)15-5-16(10)3-6(18)9(20)7(19)4-17/h1-2,5-7,9,17-20H,3-4,12H2,(H,13,14)/t6-,7-,9-/m1/s1. The van der Waals surface area contributed by atoms with Crippen molar-refractivity contribution < 1.29 is 20.4 Å². The van der Waals surface area contributed by atoms with Crippen molar-refractivity contribution in [2.45, 2.75) is 24.9 Å². The van der Waals surface area contributed by atoms with Crippen LogP contribution in [0.2, 0.25) is 0 Å². The zero-order valence-electron chi connectivity index (χ0n) is 10.6. The maximum Gasteiger partial charge on any atom is 0.159 e. The predicted octanol–water partition coefficient (Wildman–Crippen LogP) is -2.07. The Morgan fingerprint density at radius 1 is 1.25 bits per heavy atom. The minimum Gasteiger partial charge on any atom is -0.394 e. The van der Waals surface area contributed by atoms with Gasteiger partial charge in [-0.05, 0) is 0 Å². The van der Waals surface area contributed by atoms with E-state index in [-0.39, 0.29) is 12.4 Å². The normalized spacial score (nSPS) is 16.0. The summed E-state index contributed by atoms with van der Waals surface area (Å²) in [5, 5.41) is 37.4. The highest BCUT2D eigenvalue weighted by atomic mass is 16.4. The van der Waals surface area contributed by atoms with Crippen LogP contribution in [0, 0.1) is 0 Å². The molecule has 0 saturated heterocycles. The van der Waals surface area contributed by atoms with Crippen LogP contribution < -0.4 is 5.73 Å². The lowest BCUT2D eigenvalue weighted by Crippen LogP contribution is -2.41. The fourth-order valence-corrected chi connectivity index (χ4v) is 1.79. The number of anilines is 1. The maximum absolute atomic E-state index is 9.79. The number of aromatic amines is 1. The van der Waals surface area contributed by atoms with Crippen molar-refractivity contribution in [2.24, 2.45) is 0 Å². The number of aromatic nitrogens is 4. The monoisotopic (exact) mass is 283 g/mol. The fraction of sp³-hybridized carbons (Fsp3) is 0.455. The summed E-state index contributed by atoms with van der Waals surface area (Å²) < 4.78 is 1.43. The lowest BCUT2D eigenvalue weighted by molar-refractivity contribution is -0.0804. The molecule has 110 valence electrons. The van der Waals surface area contributed by atoms with Gasteiger partial charge in [-0.1, -0.05) is 0 Å². The molecular formula is C11H17N5O4. The highest BCUT2D eigenvalue weighted by molar-refractivity contribution is 5.64. The van der Waals surface area contributed by atoms with E-state index >= 15 is 0 Å². The van der Waals surface area contributed by atoms with Crippen LogP contribution in [0.5, 0.6) is 0 Å². The third-order valence-electron chi connectivity index (χ3n) is 2.96. The van der Waals surface area contributed by atoms with E-state index in [0.29, 0.717) is 11.5 Å². The Kier molecular flexibility index (Phi) is 4.35. The first-order valence-corrected chi connectivity index (χ1v) is 6.00. The zero-order valence-corrected chi connectivity index (χ0v) is 10.6. The number of nitrogen functional groups attached to an aromatic ring is 1. The van der Waals surface area contributed by atoms with Gasteiger partial charge in [0.05, 0.1) is 19.5 Å². The summed E-state index contributed by atoms with van der Waals surface area (Å²) in [5.74, 6) is 0.761. The molecule has 0 radical (unpaired) electrons. The second-order valence-corrected chi connectivity index (χ2v) is 4.38. The van der Waals surface area contributed by atoms with Crippen LogP contribution in [0.4, 0.5) is 5.82 Å². The minimum atomic E-state index is -1.48. The third kappa shape index (κ3) is 2.80. The average molecular weight is 283 g/mol. The molecule has 2 aromatic heterocycles. The highest BCUT2D eigenvalue weighted by Crippen LogP contribution is 2.21. The fourth-order valence-electron chi connectivity index (χ4n) is 1.79. The van der Waals surface area contributed by atoms with Crippen LogP contribution in [0.3, 0.4) is 0 Å². The molecule has 0 aliphatic heterocycles. The molecule has 9 nitrogen and oxygen atoms in total. The molecule has 0 saturated carbocycles. The number of aliphatic hydroxyl groups excluding tert-OH is 4. The SMILES string of the molecule is Nc1c(-c2ncc[nH]2)ncn1C[C@@H](O)[C@@H](O)[C@H](O)CO. The van der Waals surface area contributed by atoms with Crippen molar-refractivity contribution in [3.8, 4) is 11.5 Å². The van der Waals surface area contributed by atoms with E-state index in [1.807, 2.05) is 0 Å². The summed E-state index contributed by atoms with van der Waals surface area (Å²) in [5.41, 5.74) is 6.32. The van der Waals surface area contributed by atoms with Crippen LogP contribution >= 0.6 is 0 Å². The van der Waals surface area contributed by atoms with Crippen molar-refractivity contribution in [3.63, 3.8) is 0 Å². The number of hydrogen-bond acceptors (Lipinski definition) is 7. The summed E-state index contributed by atoms with van der Waals surface area (Å²) in [6, 6.07) is 0. The second-order valence-electron chi connectivity index (χ2n) is 4.38. The highest BCUT2D eigenvalue weighted by Gasteiger charge is 2.25. The van der Waals surface area contributed by atoms with E-state index in [4.69, 9.17) is 10.8 Å². The Morgan fingerprint density at radius 3 is 2.60 bits per heavy atom. The molecule has 0 aliphatic rings. The summed E-state index contributed by atoms with van der Waals surface area (Å²) in [4.78, 5) is 11.0. The predicted molar refractivity (Wildman–Crippen MR) is 69.3 cm³/mol. The second kappa shape index (κ2) is 6.01. The molecule has 7 N–H and O–H groups in total. The van der Waals surface area contributed by atoms with E-state index < -0.39 is 24.9 Å². The molecule has 20 heavy (non-hydrogen) atoms. The van der Waals surface area contributed by atoms with Gasteiger partial charge >= 0.3 is 0 Å². The smallest absolute Gasteiger partial charge is 0.159 e. The van der Waals surface area contributed by atoms with Gasteiger partial charge in [0.25, 0.3) is 0 Å². The van der Waals surface area contributed by atoms with E-state index in [9.17, 15) is 15.3 Å². The molecule has 0 spiro atoms. The molecular weight excluding hydrogens is 266 g/mol. The number of hydrogen-bond donors (Lipinski definition) is 6. The van der Waals surface area contributed by atoms with Gasteiger partial charge in [-0.15, -0.1) is 0 Å². The Labute approximate surface area is 114 Å². The van der Waals surface area contributed by atoms with E-state index in [0.717, 1.165) is 0 Å². The van der Waals surface area contributed by atoms with Crippen LogP contribution in [0.15, 0.2) is 18.7 Å². The molecule has 2 heterocycles. The van der Waals surface area contributed by atoms with E-state index in [1.165, 1.54) is 10.9 Å². The first kappa shape index (κ1) is 14.5. The summed E-state index contributed by atoms with van der Waals surface area (Å²) in [7, 11) is 0. The number of rotatable bonds is 6. The molecule has 0 unspecified atom stereocenters. The van der Waals surface area contributed by atoms with Crippen LogP contribution in [-0.2, 0) is 6.54 Å². The van der Waals surface area contributed by atoms with Gasteiger partial charge in [0.15, 0.2) is 5.82 Å². The first-order chi connectivity index (χ1) is 9.54. The van der Waals surface area contributed by atoms with Gasteiger partial charge in [-0.25, -0.2) is 9.97 Å². The van der Waals surface area contributed by atoms with Gasteiger partial charge in [-0.3, -0.25) is 0 Å². The van der Waals surface area contributed by atoms with Crippen molar-refractivity contribution in [1.29, 1.82) is 0 Å². The number of aliphatic hydroxyl groups is 4. The Morgan fingerprint density at radius 2 is 2.00 bits per heavy atom. The van der Waals surface area contributed by atoms with Crippen LogP contribution in [0.1, 0.15) is 0 Å². The molecule has 0 fully saturated rings. The lowest BCUT2D eigenvalue weighted by Gasteiger charge is -2.22. The van der Waals surface area contributed by atoms with Gasteiger partial charge in [0.1, 0.15) is 29.8 Å². The quantitative estimate of drug-likeness (QED) is 0.356. The molecule has 0 aliphatic carbocycles. The average Bonchev–Trinajstić information content (AvgIpc) is 3.08. The number of nitrogens with two attached hydrogens (primary N) is 1. The Bertz CT molecular complexity index is 541. The van der Waals surface area contributed by atoms with Crippen LogP contribution in [-0.4, -0.2) is 64.9 Å². The molecule has 0 amide bonds.